The Morgan fingerprint density at radius 2 is 2.00 bits per heavy atom. The first-order valence-electron chi connectivity index (χ1n) is 5.51. The minimum absolute atomic E-state index is 0.388. The number of hydrogen-bond donors (Lipinski definition) is 1. The Bertz CT molecular complexity index is 201. The summed E-state index contributed by atoms with van der Waals surface area (Å²) in [4.78, 5) is 4.66. The molecule has 1 fully saturated rings. The van der Waals surface area contributed by atoms with E-state index < -0.39 is 0 Å². The summed E-state index contributed by atoms with van der Waals surface area (Å²) in [5.41, 5.74) is 5.90. The van der Waals surface area contributed by atoms with Crippen molar-refractivity contribution in [3.05, 3.63) is 0 Å². The van der Waals surface area contributed by atoms with E-state index in [0.717, 1.165) is 5.84 Å². The fourth-order valence-electron chi connectivity index (χ4n) is 1.84. The van der Waals surface area contributed by atoms with Gasteiger partial charge in [-0.3, -0.25) is 4.99 Å². The number of aliphatic imine (C=N–C) groups is 1. The number of nitrogens with zero attached hydrogens (tertiary/aromatic N) is 1. The summed E-state index contributed by atoms with van der Waals surface area (Å²) in [7, 11) is 0. The van der Waals surface area contributed by atoms with E-state index in [9.17, 15) is 0 Å². The standard InChI is InChI=1S/C11H22N2S/c1-8(2)11(12)13-9-6-4-5-7-10(9)14-3/h8-10H,4-7H2,1-3H3,(H2,12,13). The predicted molar refractivity (Wildman–Crippen MR) is 66.0 cm³/mol. The highest BCUT2D eigenvalue weighted by Gasteiger charge is 2.24. The average Bonchev–Trinajstić information content (AvgIpc) is 2.18. The molecule has 0 aromatic heterocycles. The molecule has 0 aromatic rings. The maximum atomic E-state index is 5.90. The van der Waals surface area contributed by atoms with Gasteiger partial charge < -0.3 is 5.73 Å². The van der Waals surface area contributed by atoms with Crippen molar-refractivity contribution < 1.29 is 0 Å². The van der Waals surface area contributed by atoms with E-state index in [1.807, 2.05) is 11.8 Å². The van der Waals surface area contributed by atoms with Crippen LogP contribution < -0.4 is 5.73 Å². The number of amidine groups is 1. The van der Waals surface area contributed by atoms with Gasteiger partial charge in [0.1, 0.15) is 0 Å². The number of rotatable bonds is 3. The summed E-state index contributed by atoms with van der Waals surface area (Å²) in [5, 5.41) is 0.695. The number of nitrogens with two attached hydrogens (primary N) is 1. The molecule has 2 unspecified atom stereocenters. The fraction of sp³-hybridized carbons (Fsp3) is 0.909. The highest BCUT2D eigenvalue weighted by Crippen LogP contribution is 2.29. The van der Waals surface area contributed by atoms with Crippen LogP contribution in [0.4, 0.5) is 0 Å². The zero-order valence-corrected chi connectivity index (χ0v) is 10.3. The summed E-state index contributed by atoms with van der Waals surface area (Å²) in [6, 6.07) is 0.473. The average molecular weight is 214 g/mol. The van der Waals surface area contributed by atoms with E-state index in [-0.39, 0.29) is 0 Å². The highest BCUT2D eigenvalue weighted by atomic mass is 32.2. The summed E-state index contributed by atoms with van der Waals surface area (Å²) in [6.45, 7) is 4.21. The van der Waals surface area contributed by atoms with Gasteiger partial charge in [0.05, 0.1) is 11.9 Å². The Labute approximate surface area is 91.7 Å². The van der Waals surface area contributed by atoms with Gasteiger partial charge in [0.15, 0.2) is 0 Å². The molecule has 82 valence electrons. The second-order valence-electron chi connectivity index (χ2n) is 4.33. The van der Waals surface area contributed by atoms with E-state index in [2.05, 4.69) is 25.1 Å². The van der Waals surface area contributed by atoms with Crippen molar-refractivity contribution in [3.8, 4) is 0 Å². The van der Waals surface area contributed by atoms with Gasteiger partial charge in [-0.25, -0.2) is 0 Å². The monoisotopic (exact) mass is 214 g/mol. The first kappa shape index (κ1) is 11.9. The van der Waals surface area contributed by atoms with Crippen molar-refractivity contribution in [2.45, 2.75) is 50.8 Å². The van der Waals surface area contributed by atoms with E-state index >= 15 is 0 Å². The van der Waals surface area contributed by atoms with Crippen LogP contribution in [0.3, 0.4) is 0 Å². The van der Waals surface area contributed by atoms with Gasteiger partial charge in [0.25, 0.3) is 0 Å². The van der Waals surface area contributed by atoms with Gasteiger partial charge in [-0.05, 0) is 19.1 Å². The third-order valence-corrected chi connectivity index (χ3v) is 4.03. The fourth-order valence-corrected chi connectivity index (χ4v) is 2.75. The number of hydrogen-bond acceptors (Lipinski definition) is 2. The molecule has 0 aromatic carbocycles. The lowest BCUT2D eigenvalue weighted by atomic mass is 9.95. The van der Waals surface area contributed by atoms with Crippen LogP contribution >= 0.6 is 11.8 Å². The van der Waals surface area contributed by atoms with Crippen LogP contribution in [0, 0.1) is 5.92 Å². The Balaban J connectivity index is 2.60. The SMILES string of the molecule is CSC1CCCCC1N=C(N)C(C)C. The lowest BCUT2D eigenvalue weighted by Gasteiger charge is -2.27. The van der Waals surface area contributed by atoms with Crippen molar-refractivity contribution in [2.24, 2.45) is 16.6 Å². The van der Waals surface area contributed by atoms with Gasteiger partial charge in [0, 0.05) is 11.2 Å². The van der Waals surface area contributed by atoms with Gasteiger partial charge in [-0.2, -0.15) is 11.8 Å². The molecule has 0 heterocycles. The normalized spacial score (nSPS) is 29.6. The van der Waals surface area contributed by atoms with Crippen LogP contribution in [-0.4, -0.2) is 23.4 Å². The van der Waals surface area contributed by atoms with Gasteiger partial charge in [0.2, 0.25) is 0 Å². The molecule has 1 aliphatic rings. The second-order valence-corrected chi connectivity index (χ2v) is 5.41. The molecule has 0 amide bonds. The maximum absolute atomic E-state index is 5.90. The van der Waals surface area contributed by atoms with Crippen LogP contribution in [-0.2, 0) is 0 Å². The molecule has 3 heteroatoms. The first-order valence-corrected chi connectivity index (χ1v) is 6.80. The lowest BCUT2D eigenvalue weighted by molar-refractivity contribution is 0.454. The summed E-state index contributed by atoms with van der Waals surface area (Å²) in [6.07, 6.45) is 7.39. The molecule has 2 nitrogen and oxygen atoms in total. The Kier molecular flexibility index (Phi) is 4.79. The van der Waals surface area contributed by atoms with Crippen LogP contribution in [0.1, 0.15) is 39.5 Å². The molecule has 1 saturated carbocycles. The summed E-state index contributed by atoms with van der Waals surface area (Å²) in [5.74, 6) is 1.22. The molecular formula is C11H22N2S. The molecule has 0 bridgehead atoms. The summed E-state index contributed by atoms with van der Waals surface area (Å²) >= 11 is 1.94. The molecule has 0 aliphatic heterocycles. The molecule has 0 radical (unpaired) electrons. The molecule has 2 N–H and O–H groups in total. The molecule has 1 rings (SSSR count). The van der Waals surface area contributed by atoms with E-state index in [1.165, 1.54) is 25.7 Å². The van der Waals surface area contributed by atoms with Crippen molar-refractivity contribution in [3.63, 3.8) is 0 Å². The van der Waals surface area contributed by atoms with Crippen molar-refractivity contribution in [1.29, 1.82) is 0 Å². The molecule has 14 heavy (non-hydrogen) atoms. The Morgan fingerprint density at radius 1 is 1.36 bits per heavy atom. The highest BCUT2D eigenvalue weighted by molar-refractivity contribution is 7.99. The topological polar surface area (TPSA) is 38.4 Å². The minimum atomic E-state index is 0.388. The molecule has 0 spiro atoms. The second kappa shape index (κ2) is 5.64. The van der Waals surface area contributed by atoms with Crippen molar-refractivity contribution >= 4 is 17.6 Å². The van der Waals surface area contributed by atoms with Gasteiger partial charge in [-0.15, -0.1) is 0 Å². The Morgan fingerprint density at radius 3 is 2.57 bits per heavy atom. The van der Waals surface area contributed by atoms with Crippen LogP contribution in [0.2, 0.25) is 0 Å². The van der Waals surface area contributed by atoms with Crippen LogP contribution in [0.15, 0.2) is 4.99 Å². The first-order chi connectivity index (χ1) is 6.65. The Hall–Kier alpha value is -0.180. The zero-order chi connectivity index (χ0) is 10.6. The zero-order valence-electron chi connectivity index (χ0n) is 9.49. The number of thioether (sulfide) groups is 1. The van der Waals surface area contributed by atoms with Gasteiger partial charge in [-0.1, -0.05) is 26.7 Å². The predicted octanol–water partition coefficient (Wildman–Crippen LogP) is 2.67. The maximum Gasteiger partial charge on any atom is 0.0966 e. The van der Waals surface area contributed by atoms with Crippen LogP contribution in [0.25, 0.3) is 0 Å². The van der Waals surface area contributed by atoms with Gasteiger partial charge >= 0.3 is 0 Å². The quantitative estimate of drug-likeness (QED) is 0.579. The van der Waals surface area contributed by atoms with Crippen LogP contribution in [0.5, 0.6) is 0 Å². The largest absolute Gasteiger partial charge is 0.387 e. The van der Waals surface area contributed by atoms with E-state index in [1.54, 1.807) is 0 Å². The molecular weight excluding hydrogens is 192 g/mol. The molecule has 2 atom stereocenters. The third-order valence-electron chi connectivity index (χ3n) is 2.88. The van der Waals surface area contributed by atoms with E-state index in [4.69, 9.17) is 5.73 Å². The van der Waals surface area contributed by atoms with Crippen molar-refractivity contribution in [1.82, 2.24) is 0 Å². The minimum Gasteiger partial charge on any atom is -0.387 e. The smallest absolute Gasteiger partial charge is 0.0966 e. The molecule has 0 saturated heterocycles. The molecule has 1 aliphatic carbocycles. The third kappa shape index (κ3) is 3.19. The summed E-state index contributed by atoms with van der Waals surface area (Å²) < 4.78 is 0. The van der Waals surface area contributed by atoms with E-state index in [0.29, 0.717) is 17.2 Å². The lowest BCUT2D eigenvalue weighted by Crippen LogP contribution is -2.30. The van der Waals surface area contributed by atoms with Crippen molar-refractivity contribution in [2.75, 3.05) is 6.26 Å².